The van der Waals surface area contributed by atoms with Crippen molar-refractivity contribution in [3.05, 3.63) is 91.3 Å². The summed E-state index contributed by atoms with van der Waals surface area (Å²) in [5.41, 5.74) is 1.18. The number of hydrogen-bond acceptors (Lipinski definition) is 8. The van der Waals surface area contributed by atoms with E-state index in [4.69, 9.17) is 14.5 Å². The number of nitrogens with one attached hydrogen (secondary N) is 2. The Morgan fingerprint density at radius 2 is 1.88 bits per heavy atom. The molecule has 2 aromatic carbocycles. The van der Waals surface area contributed by atoms with E-state index in [2.05, 4.69) is 10.6 Å². The maximum Gasteiger partial charge on any atom is 0.412 e. The third-order valence-corrected chi connectivity index (χ3v) is 9.75. The zero-order valence-corrected chi connectivity index (χ0v) is 28.3. The van der Waals surface area contributed by atoms with Gasteiger partial charge in [-0.2, -0.15) is 0 Å². The van der Waals surface area contributed by atoms with Crippen molar-refractivity contribution in [2.24, 2.45) is 0 Å². The minimum absolute atomic E-state index is 0.0141. The highest BCUT2D eigenvalue weighted by atomic mass is 19.1. The predicted molar refractivity (Wildman–Crippen MR) is 178 cm³/mol. The second-order valence-electron chi connectivity index (χ2n) is 14.1. The van der Waals surface area contributed by atoms with Gasteiger partial charge in [-0.25, -0.2) is 23.4 Å². The fourth-order valence-corrected chi connectivity index (χ4v) is 7.31. The average Bonchev–Trinajstić information content (AvgIpc) is 3.41. The molecule has 0 fully saturated rings. The number of hydrogen-bond donors (Lipinski definition) is 3. The van der Waals surface area contributed by atoms with Gasteiger partial charge in [-0.3, -0.25) is 14.9 Å². The number of rotatable bonds is 5. The number of anilines is 1. The Morgan fingerprint density at radius 3 is 2.58 bits per heavy atom. The summed E-state index contributed by atoms with van der Waals surface area (Å²) >= 11 is 0. The van der Waals surface area contributed by atoms with Gasteiger partial charge in [0.2, 0.25) is 5.91 Å². The predicted octanol–water partition coefficient (Wildman–Crippen LogP) is 5.36. The molecule has 3 N–H and O–H groups in total. The lowest BCUT2D eigenvalue weighted by atomic mass is 9.81. The van der Waals surface area contributed by atoms with Gasteiger partial charge in [0.1, 0.15) is 23.8 Å². The van der Waals surface area contributed by atoms with Crippen molar-refractivity contribution in [1.29, 1.82) is 0 Å². The first-order valence-electron chi connectivity index (χ1n) is 16.5. The molecule has 0 unspecified atom stereocenters. The zero-order chi connectivity index (χ0) is 35.9. The van der Waals surface area contributed by atoms with Crippen LogP contribution in [0.1, 0.15) is 85.5 Å². The number of ether oxygens (including phenoxy) is 2. The van der Waals surface area contributed by atoms with Crippen molar-refractivity contribution in [2.45, 2.75) is 90.7 Å². The van der Waals surface area contributed by atoms with Crippen LogP contribution in [0.15, 0.2) is 35.1 Å². The van der Waals surface area contributed by atoms with Gasteiger partial charge in [0, 0.05) is 22.6 Å². The maximum atomic E-state index is 15.2. The number of aryl methyl sites for hydroxylation is 1. The summed E-state index contributed by atoms with van der Waals surface area (Å²) in [6.07, 6.45) is -0.0935. The van der Waals surface area contributed by atoms with Crippen molar-refractivity contribution < 1.29 is 37.7 Å². The summed E-state index contributed by atoms with van der Waals surface area (Å²) in [7, 11) is 0. The molecular weight excluding hydrogens is 650 g/mol. The molecule has 3 aliphatic rings. The van der Waals surface area contributed by atoms with Crippen LogP contribution in [0, 0.1) is 18.6 Å². The quantitative estimate of drug-likeness (QED) is 0.209. The summed E-state index contributed by atoms with van der Waals surface area (Å²) in [6.45, 7) is 8.22. The van der Waals surface area contributed by atoms with Crippen molar-refractivity contribution in [3.63, 3.8) is 0 Å². The van der Waals surface area contributed by atoms with Crippen molar-refractivity contribution in [2.75, 3.05) is 5.32 Å². The Hall–Kier alpha value is -5.17. The molecule has 13 heteroatoms. The van der Waals surface area contributed by atoms with E-state index >= 15 is 4.39 Å². The second-order valence-corrected chi connectivity index (χ2v) is 14.1. The number of pyridine rings is 2. The van der Waals surface area contributed by atoms with E-state index in [1.807, 2.05) is 0 Å². The van der Waals surface area contributed by atoms with Crippen molar-refractivity contribution in [3.8, 4) is 11.4 Å². The number of aliphatic hydroxyl groups is 1. The molecule has 0 saturated heterocycles. The highest BCUT2D eigenvalue weighted by Crippen LogP contribution is 2.46. The number of amides is 2. The van der Waals surface area contributed by atoms with Crippen LogP contribution >= 0.6 is 0 Å². The molecule has 50 heavy (non-hydrogen) atoms. The molecule has 0 bridgehead atoms. The fraction of sp³-hybridized carbons (Fsp3) is 0.378. The van der Waals surface area contributed by atoms with Crippen LogP contribution in [0.25, 0.3) is 22.3 Å². The highest BCUT2D eigenvalue weighted by Gasteiger charge is 2.46. The van der Waals surface area contributed by atoms with E-state index in [1.54, 1.807) is 40.7 Å². The van der Waals surface area contributed by atoms with Crippen LogP contribution in [0.3, 0.4) is 0 Å². The van der Waals surface area contributed by atoms with Crippen LogP contribution in [0.4, 0.5) is 19.3 Å². The first kappa shape index (κ1) is 33.3. The number of halogens is 2. The van der Waals surface area contributed by atoms with Gasteiger partial charge in [-0.1, -0.05) is 13.0 Å². The average molecular weight is 687 g/mol. The lowest BCUT2D eigenvalue weighted by Crippen LogP contribution is -2.44. The van der Waals surface area contributed by atoms with Gasteiger partial charge in [0.25, 0.3) is 5.56 Å². The van der Waals surface area contributed by atoms with E-state index in [-0.39, 0.29) is 42.8 Å². The normalized spacial score (nSPS) is 19.0. The molecule has 2 aliphatic heterocycles. The molecule has 0 spiro atoms. The zero-order valence-electron chi connectivity index (χ0n) is 28.3. The standard InChI is InChI=1S/C37H36F2N4O7/c1-6-37(48)22-13-28-32-20(15-43(28)33(45)21(22)16-49-34(37)46)31-26(10-8-19-17(2)23(38)14-27(41-32)30(19)31)40-29(44)12-18-7-9-25(24(39)11-18)42-35(47)50-36(3,4)5/h7,9,11,13-14,26,48H,6,8,10,12,15-16H2,1-5H3,(H,40,44)(H,42,47)/t26-,37-/m0/s1. The number of fused-ring (bicyclic) bond motifs is 5. The lowest BCUT2D eigenvalue weighted by Gasteiger charge is -2.31. The van der Waals surface area contributed by atoms with Gasteiger partial charge in [0.05, 0.1) is 47.2 Å². The molecule has 260 valence electrons. The molecule has 4 aromatic rings. The first-order chi connectivity index (χ1) is 23.6. The number of benzene rings is 2. The topological polar surface area (TPSA) is 149 Å². The number of carbonyl (C=O) groups excluding carboxylic acids is 3. The molecule has 2 aromatic heterocycles. The Bertz CT molecular complexity index is 2220. The van der Waals surface area contributed by atoms with Crippen LogP contribution in [-0.4, -0.2) is 38.2 Å². The van der Waals surface area contributed by atoms with Crippen LogP contribution in [0.2, 0.25) is 0 Å². The van der Waals surface area contributed by atoms with Crippen LogP contribution in [0.5, 0.6) is 0 Å². The van der Waals surface area contributed by atoms with Crippen molar-refractivity contribution >= 4 is 34.6 Å². The summed E-state index contributed by atoms with van der Waals surface area (Å²) in [5, 5.41) is 17.4. The van der Waals surface area contributed by atoms with E-state index in [0.29, 0.717) is 57.4 Å². The smallest absolute Gasteiger partial charge is 0.412 e. The summed E-state index contributed by atoms with van der Waals surface area (Å²) in [4.78, 5) is 57.0. The minimum Gasteiger partial charge on any atom is -0.458 e. The fourth-order valence-electron chi connectivity index (χ4n) is 7.31. The van der Waals surface area contributed by atoms with Crippen LogP contribution < -0.4 is 16.2 Å². The number of esters is 1. The number of carbonyl (C=O) groups is 3. The van der Waals surface area contributed by atoms with Crippen LogP contribution in [-0.2, 0) is 50.7 Å². The first-order valence-corrected chi connectivity index (χ1v) is 16.5. The molecule has 2 atom stereocenters. The van der Waals surface area contributed by atoms with Gasteiger partial charge >= 0.3 is 12.1 Å². The molecule has 4 heterocycles. The molecule has 2 amide bonds. The third kappa shape index (κ3) is 5.40. The highest BCUT2D eigenvalue weighted by molar-refractivity contribution is 5.94. The molecule has 7 rings (SSSR count). The Kier molecular flexibility index (Phi) is 7.81. The molecule has 0 saturated carbocycles. The largest absolute Gasteiger partial charge is 0.458 e. The van der Waals surface area contributed by atoms with Crippen molar-refractivity contribution in [1.82, 2.24) is 14.9 Å². The van der Waals surface area contributed by atoms with E-state index in [9.17, 15) is 28.7 Å². The number of aromatic nitrogens is 2. The molecular formula is C37H36F2N4O7. The van der Waals surface area contributed by atoms with E-state index < -0.39 is 52.4 Å². The molecule has 1 aliphatic carbocycles. The SMILES string of the molecule is CC[C@@]1(O)C(=O)OCc2c1cc1n(c2=O)Cc2c-1nc1cc(F)c(C)c3c1c2[C@@H](NC(=O)Cc1ccc(NC(=O)OC(C)(C)C)c(F)c1)CC3. The number of nitrogens with zero attached hydrogens (tertiary/aromatic N) is 2. The van der Waals surface area contributed by atoms with Gasteiger partial charge < -0.3 is 24.5 Å². The Labute approximate surface area is 285 Å². The lowest BCUT2D eigenvalue weighted by molar-refractivity contribution is -0.172. The van der Waals surface area contributed by atoms with Gasteiger partial charge in [-0.15, -0.1) is 0 Å². The summed E-state index contributed by atoms with van der Waals surface area (Å²) in [6, 6.07) is 6.47. The molecule has 11 nitrogen and oxygen atoms in total. The summed E-state index contributed by atoms with van der Waals surface area (Å²) in [5.74, 6) is -2.39. The van der Waals surface area contributed by atoms with E-state index in [0.717, 1.165) is 5.56 Å². The Balaban J connectivity index is 1.25. The minimum atomic E-state index is -2.01. The van der Waals surface area contributed by atoms with Gasteiger partial charge in [0.15, 0.2) is 5.60 Å². The number of cyclic esters (lactones) is 1. The second kappa shape index (κ2) is 11.7. The summed E-state index contributed by atoms with van der Waals surface area (Å²) < 4.78 is 42.1. The monoisotopic (exact) mass is 686 g/mol. The third-order valence-electron chi connectivity index (χ3n) is 9.75. The van der Waals surface area contributed by atoms with Gasteiger partial charge in [-0.05, 0) is 87.4 Å². The Morgan fingerprint density at radius 1 is 1.12 bits per heavy atom. The maximum absolute atomic E-state index is 15.2. The molecule has 0 radical (unpaired) electrons. The van der Waals surface area contributed by atoms with E-state index in [1.165, 1.54) is 28.8 Å².